The normalized spacial score (nSPS) is 11.4. The molecule has 0 N–H and O–H groups in total. The Bertz CT molecular complexity index is 590. The fourth-order valence-electron chi connectivity index (χ4n) is 2.38. The van der Waals surface area contributed by atoms with Crippen LogP contribution in [0.3, 0.4) is 0 Å². The zero-order valence-electron chi connectivity index (χ0n) is 10.9. The highest BCUT2D eigenvalue weighted by molar-refractivity contribution is 7.94. The van der Waals surface area contributed by atoms with Crippen LogP contribution in [0, 0.1) is 0 Å². The lowest BCUT2D eigenvalue weighted by atomic mass is 10.4. The Hall–Kier alpha value is -1.85. The number of furan rings is 1. The maximum absolute atomic E-state index is 5.76. The molecule has 2 aromatic carbocycles. The van der Waals surface area contributed by atoms with Crippen molar-refractivity contribution in [3.8, 4) is 0 Å². The summed E-state index contributed by atoms with van der Waals surface area (Å²) in [5.74, 6) is 0. The lowest BCUT2D eigenvalue weighted by molar-refractivity contribution is 0.602. The van der Waals surface area contributed by atoms with E-state index in [0.29, 0.717) is 0 Å². The van der Waals surface area contributed by atoms with E-state index < -0.39 is 7.26 Å². The third-order valence-corrected chi connectivity index (χ3v) is 7.29. The van der Waals surface area contributed by atoms with Crippen molar-refractivity contribution in [1.29, 1.82) is 0 Å². The first-order chi connectivity index (χ1) is 9.32. The standard InChI is InChI=1S/C17H16OP/c1-19(17-13-8-14-18-17,15-9-4-2-5-10-15)16-11-6-3-7-12-16/h2-14H,1H3/q+1. The van der Waals surface area contributed by atoms with Gasteiger partial charge in [0.15, 0.2) is 0 Å². The molecule has 0 aliphatic rings. The third kappa shape index (κ3) is 2.11. The molecule has 0 spiro atoms. The van der Waals surface area contributed by atoms with E-state index in [2.05, 4.69) is 73.4 Å². The first kappa shape index (κ1) is 12.2. The molecule has 3 rings (SSSR count). The summed E-state index contributed by atoms with van der Waals surface area (Å²) < 4.78 is 5.76. The van der Waals surface area contributed by atoms with Crippen molar-refractivity contribution in [2.24, 2.45) is 0 Å². The topological polar surface area (TPSA) is 13.1 Å². The predicted octanol–water partition coefficient (Wildman–Crippen LogP) is 3.20. The van der Waals surface area contributed by atoms with Crippen molar-refractivity contribution < 1.29 is 4.42 Å². The lowest BCUT2D eigenvalue weighted by Crippen LogP contribution is -2.29. The van der Waals surface area contributed by atoms with Gasteiger partial charge in [0.25, 0.3) is 5.50 Å². The molecule has 0 amide bonds. The minimum atomic E-state index is -1.65. The van der Waals surface area contributed by atoms with Gasteiger partial charge in [-0.1, -0.05) is 36.4 Å². The Morgan fingerprint density at radius 3 is 1.63 bits per heavy atom. The van der Waals surface area contributed by atoms with Gasteiger partial charge < -0.3 is 4.42 Å². The second kappa shape index (κ2) is 5.03. The van der Waals surface area contributed by atoms with E-state index in [1.165, 1.54) is 10.6 Å². The minimum absolute atomic E-state index is 1.07. The van der Waals surface area contributed by atoms with Gasteiger partial charge in [-0.05, 0) is 30.3 Å². The maximum Gasteiger partial charge on any atom is 0.255 e. The smallest absolute Gasteiger partial charge is 0.255 e. The average molecular weight is 267 g/mol. The van der Waals surface area contributed by atoms with Crippen LogP contribution in [0.2, 0.25) is 0 Å². The van der Waals surface area contributed by atoms with Gasteiger partial charge in [-0.3, -0.25) is 0 Å². The van der Waals surface area contributed by atoms with Gasteiger partial charge in [0.1, 0.15) is 17.9 Å². The highest BCUT2D eigenvalue weighted by Crippen LogP contribution is 2.51. The Labute approximate surface area is 114 Å². The number of rotatable bonds is 3. The molecule has 1 nitrogen and oxygen atoms in total. The summed E-state index contributed by atoms with van der Waals surface area (Å²) in [5.41, 5.74) is 1.07. The molecule has 0 fully saturated rings. The Morgan fingerprint density at radius 1 is 0.684 bits per heavy atom. The summed E-state index contributed by atoms with van der Waals surface area (Å²) in [6.45, 7) is 2.32. The molecular weight excluding hydrogens is 251 g/mol. The van der Waals surface area contributed by atoms with Crippen molar-refractivity contribution in [3.05, 3.63) is 79.1 Å². The van der Waals surface area contributed by atoms with E-state index in [1.54, 1.807) is 6.26 Å². The summed E-state index contributed by atoms with van der Waals surface area (Å²) in [5, 5.41) is 2.69. The molecule has 0 saturated carbocycles. The zero-order chi connectivity index (χ0) is 13.1. The van der Waals surface area contributed by atoms with Gasteiger partial charge in [-0.15, -0.1) is 0 Å². The van der Waals surface area contributed by atoms with Crippen LogP contribution in [0.1, 0.15) is 0 Å². The molecule has 0 saturated heterocycles. The molecule has 2 heteroatoms. The summed E-state index contributed by atoms with van der Waals surface area (Å²) in [4.78, 5) is 0. The van der Waals surface area contributed by atoms with Crippen LogP contribution in [0.25, 0.3) is 0 Å². The molecule has 0 aliphatic carbocycles. The minimum Gasteiger partial charge on any atom is -0.434 e. The van der Waals surface area contributed by atoms with Crippen LogP contribution >= 0.6 is 7.26 Å². The summed E-state index contributed by atoms with van der Waals surface area (Å²) in [6.07, 6.45) is 1.76. The van der Waals surface area contributed by atoms with Crippen LogP contribution in [-0.2, 0) is 0 Å². The predicted molar refractivity (Wildman–Crippen MR) is 83.3 cm³/mol. The molecule has 1 heterocycles. The molecule has 0 unspecified atom stereocenters. The summed E-state index contributed by atoms with van der Waals surface area (Å²) in [6, 6.07) is 25.4. The van der Waals surface area contributed by atoms with E-state index in [-0.39, 0.29) is 0 Å². The van der Waals surface area contributed by atoms with Crippen LogP contribution in [0.4, 0.5) is 0 Å². The lowest BCUT2D eigenvalue weighted by Gasteiger charge is -2.19. The quantitative estimate of drug-likeness (QED) is 0.664. The van der Waals surface area contributed by atoms with E-state index in [4.69, 9.17) is 4.42 Å². The van der Waals surface area contributed by atoms with Crippen molar-refractivity contribution in [3.63, 3.8) is 0 Å². The highest BCUT2D eigenvalue weighted by atomic mass is 31.2. The van der Waals surface area contributed by atoms with Crippen LogP contribution in [0.15, 0.2) is 83.5 Å². The monoisotopic (exact) mass is 267 g/mol. The molecule has 0 aliphatic heterocycles. The first-order valence-electron chi connectivity index (χ1n) is 6.33. The molecule has 1 aromatic heterocycles. The highest BCUT2D eigenvalue weighted by Gasteiger charge is 2.42. The van der Waals surface area contributed by atoms with Gasteiger partial charge in [-0.25, -0.2) is 0 Å². The Kier molecular flexibility index (Phi) is 3.23. The fourth-order valence-corrected chi connectivity index (χ4v) is 5.38. The third-order valence-electron chi connectivity index (χ3n) is 3.49. The maximum atomic E-state index is 5.76. The van der Waals surface area contributed by atoms with E-state index in [0.717, 1.165) is 5.50 Å². The molecule has 0 bridgehead atoms. The summed E-state index contributed by atoms with van der Waals surface area (Å²) >= 11 is 0. The largest absolute Gasteiger partial charge is 0.434 e. The van der Waals surface area contributed by atoms with Crippen molar-refractivity contribution in [2.45, 2.75) is 0 Å². The van der Waals surface area contributed by atoms with Crippen molar-refractivity contribution in [2.75, 3.05) is 6.66 Å². The van der Waals surface area contributed by atoms with Crippen molar-refractivity contribution in [1.82, 2.24) is 0 Å². The van der Waals surface area contributed by atoms with Crippen LogP contribution in [-0.4, -0.2) is 6.66 Å². The Morgan fingerprint density at radius 2 is 1.21 bits per heavy atom. The van der Waals surface area contributed by atoms with Gasteiger partial charge in [0.2, 0.25) is 0 Å². The van der Waals surface area contributed by atoms with Gasteiger partial charge in [0.05, 0.1) is 12.9 Å². The average Bonchev–Trinajstić information content (AvgIpc) is 3.03. The van der Waals surface area contributed by atoms with E-state index >= 15 is 0 Å². The SMILES string of the molecule is C[P+](c1ccccc1)(c1ccccc1)c1ccco1. The van der Waals surface area contributed by atoms with Gasteiger partial charge in [-0.2, -0.15) is 0 Å². The van der Waals surface area contributed by atoms with Crippen LogP contribution in [0.5, 0.6) is 0 Å². The van der Waals surface area contributed by atoms with Crippen molar-refractivity contribution >= 4 is 23.4 Å². The molecule has 3 aromatic rings. The molecule has 19 heavy (non-hydrogen) atoms. The zero-order valence-corrected chi connectivity index (χ0v) is 11.8. The van der Waals surface area contributed by atoms with Gasteiger partial charge >= 0.3 is 0 Å². The second-order valence-electron chi connectivity index (χ2n) is 4.63. The molecular formula is C17H16OP+. The first-order valence-corrected chi connectivity index (χ1v) is 8.57. The van der Waals surface area contributed by atoms with E-state index in [9.17, 15) is 0 Å². The van der Waals surface area contributed by atoms with E-state index in [1.807, 2.05) is 6.07 Å². The Balaban J connectivity index is 2.23. The number of hydrogen-bond acceptors (Lipinski definition) is 1. The summed E-state index contributed by atoms with van der Waals surface area (Å²) in [7, 11) is -1.65. The number of hydrogen-bond donors (Lipinski definition) is 0. The second-order valence-corrected chi connectivity index (χ2v) is 8.11. The van der Waals surface area contributed by atoms with Crippen LogP contribution < -0.4 is 16.1 Å². The molecule has 0 atom stereocenters. The fraction of sp³-hybridized carbons (Fsp3) is 0.0588. The number of benzene rings is 2. The van der Waals surface area contributed by atoms with Gasteiger partial charge in [0, 0.05) is 6.07 Å². The molecule has 0 radical (unpaired) electrons. The molecule has 94 valence electrons.